The molecule has 0 atom stereocenters. The molecule has 138 valence electrons. The molecule has 0 spiro atoms. The number of hydrogen-bond acceptors (Lipinski definition) is 4. The number of alkyl halides is 3. The third-order valence-electron chi connectivity index (χ3n) is 3.35. The molecule has 5 nitrogen and oxygen atoms in total. The third kappa shape index (κ3) is 5.80. The minimum absolute atomic E-state index is 0.232. The van der Waals surface area contributed by atoms with Crippen LogP contribution in [0.2, 0.25) is 0 Å². The van der Waals surface area contributed by atoms with Crippen molar-refractivity contribution in [2.75, 3.05) is 19.0 Å². The maximum atomic E-state index is 12.5. The first-order chi connectivity index (χ1) is 12.3. The van der Waals surface area contributed by atoms with Gasteiger partial charge in [-0.3, -0.25) is 9.59 Å². The van der Waals surface area contributed by atoms with Crippen molar-refractivity contribution in [2.45, 2.75) is 12.6 Å². The average Bonchev–Trinajstić information content (AvgIpc) is 2.60. The van der Waals surface area contributed by atoms with E-state index in [-0.39, 0.29) is 6.42 Å². The first-order valence-corrected chi connectivity index (χ1v) is 7.53. The summed E-state index contributed by atoms with van der Waals surface area (Å²) in [5.74, 6) is -0.702. The molecule has 0 aromatic heterocycles. The van der Waals surface area contributed by atoms with Crippen LogP contribution < -0.4 is 10.1 Å². The number of carbonyl (C=O) groups excluding carboxylic acids is 2. The Hall–Kier alpha value is -3.03. The Morgan fingerprint density at radius 2 is 1.77 bits per heavy atom. The monoisotopic (exact) mass is 367 g/mol. The van der Waals surface area contributed by atoms with Gasteiger partial charge in [-0.15, -0.1) is 0 Å². The minimum atomic E-state index is -4.43. The van der Waals surface area contributed by atoms with E-state index in [9.17, 15) is 22.8 Å². The molecule has 0 saturated carbocycles. The van der Waals surface area contributed by atoms with E-state index in [0.29, 0.717) is 17.0 Å². The van der Waals surface area contributed by atoms with Crippen molar-refractivity contribution in [3.8, 4) is 5.75 Å². The zero-order valence-corrected chi connectivity index (χ0v) is 13.8. The molecule has 2 aromatic rings. The molecule has 0 heterocycles. The van der Waals surface area contributed by atoms with Gasteiger partial charge in [-0.05, 0) is 29.8 Å². The molecule has 0 aliphatic heterocycles. The molecule has 0 aliphatic carbocycles. The van der Waals surface area contributed by atoms with Crippen LogP contribution in [-0.2, 0) is 26.9 Å². The summed E-state index contributed by atoms with van der Waals surface area (Å²) in [6.45, 7) is -0.503. The highest BCUT2D eigenvalue weighted by Crippen LogP contribution is 2.29. The van der Waals surface area contributed by atoms with Gasteiger partial charge in [-0.2, -0.15) is 13.2 Å². The Morgan fingerprint density at radius 3 is 2.38 bits per heavy atom. The fourth-order valence-electron chi connectivity index (χ4n) is 2.07. The van der Waals surface area contributed by atoms with Gasteiger partial charge < -0.3 is 14.8 Å². The van der Waals surface area contributed by atoms with E-state index in [1.807, 2.05) is 0 Å². The predicted molar refractivity (Wildman–Crippen MR) is 87.7 cm³/mol. The van der Waals surface area contributed by atoms with Gasteiger partial charge >= 0.3 is 12.1 Å². The molecule has 26 heavy (non-hydrogen) atoms. The molecule has 0 bridgehead atoms. The summed E-state index contributed by atoms with van der Waals surface area (Å²) in [7, 11) is 1.49. The van der Waals surface area contributed by atoms with Crippen LogP contribution in [0.1, 0.15) is 11.1 Å². The second kappa shape index (κ2) is 8.37. The number of ether oxygens (including phenoxy) is 2. The molecule has 1 N–H and O–H groups in total. The van der Waals surface area contributed by atoms with Crippen LogP contribution in [0.3, 0.4) is 0 Å². The third-order valence-corrected chi connectivity index (χ3v) is 3.35. The number of hydrogen-bond donors (Lipinski definition) is 1. The van der Waals surface area contributed by atoms with Gasteiger partial charge in [-0.25, -0.2) is 0 Å². The SMILES string of the molecule is COc1cccc(NC(=O)COC(=O)Cc2ccc(C(F)(F)F)cc2)c1. The summed E-state index contributed by atoms with van der Waals surface area (Å²) in [6.07, 6.45) is -4.66. The Bertz CT molecular complexity index is 773. The molecular weight excluding hydrogens is 351 g/mol. The van der Waals surface area contributed by atoms with Crippen molar-refractivity contribution >= 4 is 17.6 Å². The highest BCUT2D eigenvalue weighted by Gasteiger charge is 2.30. The van der Waals surface area contributed by atoms with E-state index >= 15 is 0 Å². The number of carbonyl (C=O) groups is 2. The maximum absolute atomic E-state index is 12.5. The fourth-order valence-corrected chi connectivity index (χ4v) is 2.07. The molecule has 8 heteroatoms. The van der Waals surface area contributed by atoms with Gasteiger partial charge in [0.1, 0.15) is 5.75 Å². The molecular formula is C18H16F3NO4. The maximum Gasteiger partial charge on any atom is 0.416 e. The molecule has 2 rings (SSSR count). The van der Waals surface area contributed by atoms with Crippen LogP contribution in [0.5, 0.6) is 5.75 Å². The van der Waals surface area contributed by atoms with Crippen molar-refractivity contribution in [3.63, 3.8) is 0 Å². The highest BCUT2D eigenvalue weighted by atomic mass is 19.4. The lowest BCUT2D eigenvalue weighted by Gasteiger charge is -2.09. The van der Waals surface area contributed by atoms with Gasteiger partial charge in [0.05, 0.1) is 19.1 Å². The van der Waals surface area contributed by atoms with Crippen LogP contribution in [-0.4, -0.2) is 25.6 Å². The van der Waals surface area contributed by atoms with Crippen molar-refractivity contribution in [1.29, 1.82) is 0 Å². The van der Waals surface area contributed by atoms with E-state index in [1.54, 1.807) is 24.3 Å². The summed E-state index contributed by atoms with van der Waals surface area (Å²) in [6, 6.07) is 10.8. The first kappa shape index (κ1) is 19.3. The largest absolute Gasteiger partial charge is 0.497 e. The lowest BCUT2D eigenvalue weighted by molar-refractivity contribution is -0.146. The van der Waals surface area contributed by atoms with E-state index in [4.69, 9.17) is 9.47 Å². The predicted octanol–water partition coefficient (Wildman–Crippen LogP) is 3.44. The summed E-state index contributed by atoms with van der Waals surface area (Å²) >= 11 is 0. The second-order valence-electron chi connectivity index (χ2n) is 5.31. The minimum Gasteiger partial charge on any atom is -0.497 e. The van der Waals surface area contributed by atoms with Crippen LogP contribution in [0, 0.1) is 0 Å². The number of anilines is 1. The topological polar surface area (TPSA) is 64.6 Å². The number of nitrogens with one attached hydrogen (secondary N) is 1. The zero-order chi connectivity index (χ0) is 19.2. The summed E-state index contributed by atoms with van der Waals surface area (Å²) < 4.78 is 47.3. The van der Waals surface area contributed by atoms with Gasteiger partial charge in [0.15, 0.2) is 6.61 Å². The number of halogens is 3. The summed E-state index contributed by atoms with van der Waals surface area (Å²) in [5.41, 5.74) is 0.0385. The summed E-state index contributed by atoms with van der Waals surface area (Å²) in [5, 5.41) is 2.54. The van der Waals surface area contributed by atoms with Gasteiger partial charge in [-0.1, -0.05) is 18.2 Å². The molecule has 0 unspecified atom stereocenters. The number of methoxy groups -OCH3 is 1. The lowest BCUT2D eigenvalue weighted by Crippen LogP contribution is -2.21. The number of amides is 1. The van der Waals surface area contributed by atoms with Crippen LogP contribution >= 0.6 is 0 Å². The van der Waals surface area contributed by atoms with E-state index < -0.39 is 30.2 Å². The number of rotatable bonds is 6. The Balaban J connectivity index is 1.81. The number of esters is 1. The smallest absolute Gasteiger partial charge is 0.416 e. The molecule has 1 amide bonds. The number of benzene rings is 2. The molecule has 2 aromatic carbocycles. The van der Waals surface area contributed by atoms with Crippen LogP contribution in [0.15, 0.2) is 48.5 Å². The molecule has 0 radical (unpaired) electrons. The highest BCUT2D eigenvalue weighted by molar-refractivity contribution is 5.93. The lowest BCUT2D eigenvalue weighted by atomic mass is 10.1. The van der Waals surface area contributed by atoms with Gasteiger partial charge in [0, 0.05) is 11.8 Å². The Morgan fingerprint density at radius 1 is 1.08 bits per heavy atom. The van der Waals surface area contributed by atoms with E-state index in [0.717, 1.165) is 12.1 Å². The molecule has 0 fully saturated rings. The van der Waals surface area contributed by atoms with Gasteiger partial charge in [0.25, 0.3) is 5.91 Å². The van der Waals surface area contributed by atoms with E-state index in [1.165, 1.54) is 19.2 Å². The summed E-state index contributed by atoms with van der Waals surface area (Å²) in [4.78, 5) is 23.5. The van der Waals surface area contributed by atoms with Crippen LogP contribution in [0.25, 0.3) is 0 Å². The average molecular weight is 367 g/mol. The zero-order valence-electron chi connectivity index (χ0n) is 13.8. The fraction of sp³-hybridized carbons (Fsp3) is 0.222. The quantitative estimate of drug-likeness (QED) is 0.795. The van der Waals surface area contributed by atoms with E-state index in [2.05, 4.69) is 5.32 Å². The molecule has 0 aliphatic rings. The van der Waals surface area contributed by atoms with Crippen LogP contribution in [0.4, 0.5) is 18.9 Å². The van der Waals surface area contributed by atoms with Crippen molar-refractivity contribution < 1.29 is 32.2 Å². The molecule has 0 saturated heterocycles. The second-order valence-corrected chi connectivity index (χ2v) is 5.31. The van der Waals surface area contributed by atoms with Crippen molar-refractivity contribution in [1.82, 2.24) is 0 Å². The standard InChI is InChI=1S/C18H16F3NO4/c1-25-15-4-2-3-14(10-15)22-16(23)11-26-17(24)9-12-5-7-13(8-6-12)18(19,20)21/h2-8,10H,9,11H2,1H3,(H,22,23). The first-order valence-electron chi connectivity index (χ1n) is 7.53. The Labute approximate surface area is 147 Å². The van der Waals surface area contributed by atoms with Gasteiger partial charge in [0.2, 0.25) is 0 Å². The van der Waals surface area contributed by atoms with Crippen molar-refractivity contribution in [3.05, 3.63) is 59.7 Å². The Kier molecular flexibility index (Phi) is 6.21. The normalized spacial score (nSPS) is 10.9. The van der Waals surface area contributed by atoms with Crippen molar-refractivity contribution in [2.24, 2.45) is 0 Å².